The highest BCUT2D eigenvalue weighted by atomic mass is 35.5. The highest BCUT2D eigenvalue weighted by molar-refractivity contribution is 5.85. The van der Waals surface area contributed by atoms with Gasteiger partial charge in [-0.15, -0.1) is 12.4 Å². The van der Waals surface area contributed by atoms with Gasteiger partial charge >= 0.3 is 5.97 Å². The highest BCUT2D eigenvalue weighted by Crippen LogP contribution is 2.34. The normalized spacial score (nSPS) is 37.7. The molecule has 0 unspecified atom stereocenters. The molecule has 0 saturated carbocycles. The highest BCUT2D eigenvalue weighted by Gasteiger charge is 2.51. The predicted molar refractivity (Wildman–Crippen MR) is 49.2 cm³/mol. The van der Waals surface area contributed by atoms with Gasteiger partial charge in [0.05, 0.1) is 0 Å². The van der Waals surface area contributed by atoms with E-state index in [-0.39, 0.29) is 18.3 Å². The zero-order valence-corrected chi connectivity index (χ0v) is 8.10. The van der Waals surface area contributed by atoms with Gasteiger partial charge in [-0.25, -0.2) is 4.79 Å². The van der Waals surface area contributed by atoms with Crippen LogP contribution in [0.5, 0.6) is 0 Å². The summed E-state index contributed by atoms with van der Waals surface area (Å²) in [5, 5.41) is 12.1. The quantitative estimate of drug-likeness (QED) is 0.648. The van der Waals surface area contributed by atoms with E-state index in [9.17, 15) is 4.79 Å². The minimum atomic E-state index is -0.905. The minimum absolute atomic E-state index is 0. The summed E-state index contributed by atoms with van der Waals surface area (Å²) in [4.78, 5) is 11.0. The van der Waals surface area contributed by atoms with Crippen molar-refractivity contribution in [3.8, 4) is 0 Å². The summed E-state index contributed by atoms with van der Waals surface area (Å²) >= 11 is 0. The van der Waals surface area contributed by atoms with Crippen LogP contribution in [-0.4, -0.2) is 36.4 Å². The number of ether oxygens (including phenoxy) is 1. The minimum Gasteiger partial charge on any atom is -0.479 e. The van der Waals surface area contributed by atoms with Gasteiger partial charge in [0.2, 0.25) is 0 Å². The van der Waals surface area contributed by atoms with Gasteiger partial charge in [-0.1, -0.05) is 0 Å². The van der Waals surface area contributed by atoms with Gasteiger partial charge in [0.15, 0.2) is 5.60 Å². The second kappa shape index (κ2) is 3.82. The van der Waals surface area contributed by atoms with Gasteiger partial charge < -0.3 is 15.2 Å². The Hall–Kier alpha value is -0.320. The molecule has 0 bridgehead atoms. The molecule has 2 aliphatic heterocycles. The molecule has 2 saturated heterocycles. The second-order valence-corrected chi connectivity index (χ2v) is 3.51. The molecule has 0 spiro atoms. The maximum atomic E-state index is 11.0. The van der Waals surface area contributed by atoms with Gasteiger partial charge in [0.25, 0.3) is 0 Å². The number of rotatable bonds is 1. The number of hydrogen-bond acceptors (Lipinski definition) is 3. The Kier molecular flexibility index (Phi) is 3.16. The van der Waals surface area contributed by atoms with E-state index in [4.69, 9.17) is 9.84 Å². The van der Waals surface area contributed by atoms with Crippen molar-refractivity contribution in [2.24, 2.45) is 5.92 Å². The molecule has 4 nitrogen and oxygen atoms in total. The topological polar surface area (TPSA) is 58.6 Å². The van der Waals surface area contributed by atoms with Crippen LogP contribution in [0.15, 0.2) is 0 Å². The second-order valence-electron chi connectivity index (χ2n) is 3.51. The first-order valence-electron chi connectivity index (χ1n) is 4.34. The molecule has 0 aliphatic carbocycles. The van der Waals surface area contributed by atoms with E-state index in [1.807, 2.05) is 0 Å². The first kappa shape index (κ1) is 10.8. The molecule has 2 atom stereocenters. The van der Waals surface area contributed by atoms with Crippen LogP contribution in [-0.2, 0) is 9.53 Å². The van der Waals surface area contributed by atoms with E-state index in [0.717, 1.165) is 19.4 Å². The zero-order valence-electron chi connectivity index (χ0n) is 7.28. The summed E-state index contributed by atoms with van der Waals surface area (Å²) in [5.41, 5.74) is -0.905. The lowest BCUT2D eigenvalue weighted by Gasteiger charge is -2.34. The number of carboxylic acids is 1. The van der Waals surface area contributed by atoms with Gasteiger partial charge in [-0.05, 0) is 12.8 Å². The lowest BCUT2D eigenvalue weighted by atomic mass is 9.85. The molecule has 2 aliphatic rings. The molecule has 0 radical (unpaired) electrons. The fraction of sp³-hybridized carbons (Fsp3) is 0.875. The third-order valence-corrected chi connectivity index (χ3v) is 2.86. The molecule has 0 aromatic heterocycles. The van der Waals surface area contributed by atoms with Gasteiger partial charge in [-0.3, -0.25) is 0 Å². The Morgan fingerprint density at radius 1 is 1.62 bits per heavy atom. The van der Waals surface area contributed by atoms with Crippen LogP contribution >= 0.6 is 12.4 Å². The lowest BCUT2D eigenvalue weighted by molar-refractivity contribution is -0.175. The van der Waals surface area contributed by atoms with Gasteiger partial charge in [0.1, 0.15) is 0 Å². The number of nitrogens with one attached hydrogen (secondary N) is 1. The molecule has 0 amide bonds. The van der Waals surface area contributed by atoms with Crippen molar-refractivity contribution in [1.82, 2.24) is 5.32 Å². The van der Waals surface area contributed by atoms with Crippen molar-refractivity contribution in [2.45, 2.75) is 18.4 Å². The largest absolute Gasteiger partial charge is 0.479 e. The summed E-state index contributed by atoms with van der Waals surface area (Å²) in [7, 11) is 0. The molecule has 2 fully saturated rings. The summed E-state index contributed by atoms with van der Waals surface area (Å²) < 4.78 is 5.39. The van der Waals surface area contributed by atoms with E-state index in [1.165, 1.54) is 0 Å². The van der Waals surface area contributed by atoms with Crippen LogP contribution in [0, 0.1) is 5.92 Å². The smallest absolute Gasteiger partial charge is 0.337 e. The van der Waals surface area contributed by atoms with Crippen molar-refractivity contribution in [2.75, 3.05) is 19.7 Å². The number of carboxylic acid groups (broad SMARTS) is 1. The van der Waals surface area contributed by atoms with Crippen LogP contribution < -0.4 is 5.32 Å². The summed E-state index contributed by atoms with van der Waals surface area (Å²) in [6.45, 7) is 1.84. The Labute approximate surface area is 83.1 Å². The van der Waals surface area contributed by atoms with Crippen LogP contribution in [0.1, 0.15) is 12.8 Å². The van der Waals surface area contributed by atoms with E-state index in [2.05, 4.69) is 5.32 Å². The van der Waals surface area contributed by atoms with Crippen LogP contribution in [0.2, 0.25) is 0 Å². The molecule has 2 N–H and O–H groups in total. The van der Waals surface area contributed by atoms with Gasteiger partial charge in [-0.2, -0.15) is 0 Å². The Bertz CT molecular complexity index is 212. The molecule has 13 heavy (non-hydrogen) atoms. The van der Waals surface area contributed by atoms with Crippen molar-refractivity contribution < 1.29 is 14.6 Å². The van der Waals surface area contributed by atoms with Crippen LogP contribution in [0.25, 0.3) is 0 Å². The van der Waals surface area contributed by atoms with Crippen molar-refractivity contribution in [3.63, 3.8) is 0 Å². The molecule has 2 heterocycles. The Morgan fingerprint density at radius 2 is 2.38 bits per heavy atom. The van der Waals surface area contributed by atoms with Crippen LogP contribution in [0.3, 0.4) is 0 Å². The molecular weight excluding hydrogens is 194 g/mol. The fourth-order valence-corrected chi connectivity index (χ4v) is 2.14. The van der Waals surface area contributed by atoms with Crippen molar-refractivity contribution in [1.29, 1.82) is 0 Å². The molecular formula is C8H14ClNO3. The standard InChI is InChI=1S/C8H13NO3.ClH/c10-7(11)8-5-9-4-6(8)2-1-3-12-8;/h6,9H,1-5H2,(H,10,11);1H/t6-,8+;/m1./s1. The number of halogens is 1. The first-order chi connectivity index (χ1) is 5.76. The Balaban J connectivity index is 0.000000845. The molecule has 0 aromatic carbocycles. The third kappa shape index (κ3) is 1.54. The molecule has 0 aromatic rings. The SMILES string of the molecule is Cl.O=C(O)[C@]12CNC[C@H]1CCCO2. The Morgan fingerprint density at radius 3 is 3.00 bits per heavy atom. The fourth-order valence-electron chi connectivity index (χ4n) is 2.14. The number of fused-ring (bicyclic) bond motifs is 1. The molecule has 2 rings (SSSR count). The number of carbonyl (C=O) groups is 1. The average molecular weight is 208 g/mol. The van der Waals surface area contributed by atoms with E-state index in [0.29, 0.717) is 13.2 Å². The maximum absolute atomic E-state index is 11.0. The first-order valence-corrected chi connectivity index (χ1v) is 4.34. The van der Waals surface area contributed by atoms with Crippen LogP contribution in [0.4, 0.5) is 0 Å². The summed E-state index contributed by atoms with van der Waals surface area (Å²) in [6, 6.07) is 0. The monoisotopic (exact) mass is 207 g/mol. The summed E-state index contributed by atoms with van der Waals surface area (Å²) in [6.07, 6.45) is 1.96. The maximum Gasteiger partial charge on any atom is 0.337 e. The summed E-state index contributed by atoms with van der Waals surface area (Å²) in [5.74, 6) is -0.638. The average Bonchev–Trinajstić information content (AvgIpc) is 2.48. The molecule has 5 heteroatoms. The predicted octanol–water partition coefficient (Wildman–Crippen LogP) is 0.261. The zero-order chi connectivity index (χ0) is 8.60. The number of aliphatic carboxylic acids is 1. The van der Waals surface area contributed by atoms with Crippen molar-refractivity contribution >= 4 is 18.4 Å². The third-order valence-electron chi connectivity index (χ3n) is 2.86. The van der Waals surface area contributed by atoms with Crippen molar-refractivity contribution in [3.05, 3.63) is 0 Å². The van der Waals surface area contributed by atoms with Gasteiger partial charge in [0, 0.05) is 25.6 Å². The lowest BCUT2D eigenvalue weighted by Crippen LogP contribution is -2.51. The van der Waals surface area contributed by atoms with E-state index < -0.39 is 11.6 Å². The van der Waals surface area contributed by atoms with E-state index >= 15 is 0 Å². The molecule has 76 valence electrons. The number of hydrogen-bond donors (Lipinski definition) is 2. The van der Waals surface area contributed by atoms with E-state index in [1.54, 1.807) is 0 Å².